The molecule has 0 fully saturated rings. The second-order valence-electron chi connectivity index (χ2n) is 5.47. The maximum absolute atomic E-state index is 9.22. The highest BCUT2D eigenvalue weighted by Gasteiger charge is 2.20. The highest BCUT2D eigenvalue weighted by Crippen LogP contribution is 2.36. The van der Waals surface area contributed by atoms with Crippen molar-refractivity contribution in [2.75, 3.05) is 55.8 Å². The Morgan fingerprint density at radius 1 is 1.17 bits per heavy atom. The first-order chi connectivity index (χ1) is 11.6. The molecule has 5 N–H and O–H groups in total. The van der Waals surface area contributed by atoms with Crippen LogP contribution in [0.5, 0.6) is 0 Å². The van der Waals surface area contributed by atoms with Crippen molar-refractivity contribution in [3.63, 3.8) is 0 Å². The molecule has 0 bridgehead atoms. The van der Waals surface area contributed by atoms with Crippen LogP contribution in [0.1, 0.15) is 5.56 Å². The molecule has 1 aromatic carbocycles. The second-order valence-corrected chi connectivity index (χ2v) is 7.07. The van der Waals surface area contributed by atoms with Crippen molar-refractivity contribution >= 4 is 39.0 Å². The van der Waals surface area contributed by atoms with Crippen LogP contribution in [0.25, 0.3) is 5.57 Å². The van der Waals surface area contributed by atoms with E-state index in [0.29, 0.717) is 25.3 Å². The Labute approximate surface area is 144 Å². The van der Waals surface area contributed by atoms with Gasteiger partial charge < -0.3 is 26.0 Å². The van der Waals surface area contributed by atoms with E-state index in [1.807, 2.05) is 23.1 Å². The average Bonchev–Trinajstić information content (AvgIpc) is 2.94. The van der Waals surface area contributed by atoms with E-state index in [1.54, 1.807) is 0 Å². The molecule has 0 aromatic heterocycles. The number of rotatable bonds is 8. The van der Waals surface area contributed by atoms with Gasteiger partial charge in [-0.1, -0.05) is 5.87 Å². The summed E-state index contributed by atoms with van der Waals surface area (Å²) in [4.78, 5) is 6.36. The fraction of sp³-hybridized carbons (Fsp3) is 0.412. The molecule has 2 rings (SSSR count). The predicted molar refractivity (Wildman–Crippen MR) is 104 cm³/mol. The van der Waals surface area contributed by atoms with Gasteiger partial charge in [0.25, 0.3) is 0 Å². The van der Waals surface area contributed by atoms with E-state index < -0.39 is 0 Å². The maximum atomic E-state index is 9.22. The molecule has 1 unspecified atom stereocenters. The van der Waals surface area contributed by atoms with E-state index in [9.17, 15) is 10.2 Å². The molecule has 0 radical (unpaired) electrons. The molecule has 1 aromatic rings. The van der Waals surface area contributed by atoms with Crippen LogP contribution in [0, 0.1) is 0 Å². The van der Waals surface area contributed by atoms with Crippen molar-refractivity contribution in [3.8, 4) is 0 Å². The monoisotopic (exact) mass is 351 g/mol. The highest BCUT2D eigenvalue weighted by atomic mass is 32.2. The third-order valence-corrected chi connectivity index (χ3v) is 4.97. The van der Waals surface area contributed by atoms with E-state index in [0.717, 1.165) is 28.3 Å². The van der Waals surface area contributed by atoms with Gasteiger partial charge >= 0.3 is 0 Å². The van der Waals surface area contributed by atoms with Gasteiger partial charge in [-0.05, 0) is 23.6 Å². The second kappa shape index (κ2) is 8.98. The summed E-state index contributed by atoms with van der Waals surface area (Å²) >= 11 is 0. The van der Waals surface area contributed by atoms with E-state index >= 15 is 0 Å². The molecule has 0 amide bonds. The van der Waals surface area contributed by atoms with E-state index in [1.165, 1.54) is 0 Å². The number of allylic oxidation sites excluding steroid dienone is 1. The quantitative estimate of drug-likeness (QED) is 0.405. The van der Waals surface area contributed by atoms with E-state index in [4.69, 9.17) is 10.8 Å². The minimum absolute atomic E-state index is 0.00789. The van der Waals surface area contributed by atoms with Crippen molar-refractivity contribution in [2.45, 2.75) is 0 Å². The molecular weight excluding hydrogens is 326 g/mol. The van der Waals surface area contributed by atoms with Gasteiger partial charge in [0.15, 0.2) is 0 Å². The highest BCUT2D eigenvalue weighted by molar-refractivity contribution is 8.17. The molecule has 1 heterocycles. The molecule has 0 saturated carbocycles. The minimum Gasteiger partial charge on any atom is -0.398 e. The Bertz CT molecular complexity index is 652. The van der Waals surface area contributed by atoms with E-state index in [-0.39, 0.29) is 30.3 Å². The number of aliphatic imine (C=N–C) groups is 1. The summed E-state index contributed by atoms with van der Waals surface area (Å²) in [7, 11) is -0.143. The third-order valence-electron chi connectivity index (χ3n) is 3.75. The van der Waals surface area contributed by atoms with Crippen LogP contribution in [0.2, 0.25) is 0 Å². The SMILES string of the molecule is C=S1C=C(c2cc(N(CCO)CCO)ccc2N)C(=NCCO)C1. The summed E-state index contributed by atoms with van der Waals surface area (Å²) in [5, 5.41) is 29.5. The van der Waals surface area contributed by atoms with E-state index in [2.05, 4.69) is 16.3 Å². The third kappa shape index (κ3) is 4.45. The zero-order chi connectivity index (χ0) is 17.5. The molecule has 7 heteroatoms. The van der Waals surface area contributed by atoms with Crippen molar-refractivity contribution in [2.24, 2.45) is 4.99 Å². The average molecular weight is 351 g/mol. The molecule has 24 heavy (non-hydrogen) atoms. The van der Waals surface area contributed by atoms with Gasteiger partial charge in [0.2, 0.25) is 0 Å². The first kappa shape index (κ1) is 18.7. The molecule has 1 aliphatic rings. The first-order valence-corrected chi connectivity index (χ1v) is 9.45. The summed E-state index contributed by atoms with van der Waals surface area (Å²) in [6.45, 7) is 1.27. The van der Waals surface area contributed by atoms with Crippen LogP contribution in [0.4, 0.5) is 11.4 Å². The van der Waals surface area contributed by atoms with Gasteiger partial charge in [-0.3, -0.25) is 4.99 Å². The lowest BCUT2D eigenvalue weighted by atomic mass is 10.0. The molecule has 1 atom stereocenters. The van der Waals surface area contributed by atoms with Gasteiger partial charge in [-0.15, -0.1) is 0 Å². The number of hydrogen-bond donors (Lipinski definition) is 4. The Hall–Kier alpha value is -1.67. The summed E-state index contributed by atoms with van der Waals surface area (Å²) in [6, 6.07) is 5.67. The summed E-state index contributed by atoms with van der Waals surface area (Å²) in [5.41, 5.74) is 10.5. The first-order valence-electron chi connectivity index (χ1n) is 7.83. The summed E-state index contributed by atoms with van der Waals surface area (Å²) < 4.78 is 0. The van der Waals surface area contributed by atoms with Crippen LogP contribution >= 0.6 is 10.5 Å². The number of hydrogen-bond acceptors (Lipinski definition) is 6. The van der Waals surface area contributed by atoms with Crippen molar-refractivity contribution < 1.29 is 15.3 Å². The van der Waals surface area contributed by atoms with Crippen LogP contribution in [-0.2, 0) is 0 Å². The number of nitrogen functional groups attached to an aromatic ring is 1. The zero-order valence-electron chi connectivity index (χ0n) is 13.7. The number of aliphatic hydroxyl groups is 3. The number of anilines is 2. The number of benzene rings is 1. The lowest BCUT2D eigenvalue weighted by molar-refractivity contribution is 0.281. The van der Waals surface area contributed by atoms with Gasteiger partial charge in [0.1, 0.15) is 0 Å². The summed E-state index contributed by atoms with van der Waals surface area (Å²) in [5.74, 6) is 4.87. The van der Waals surface area contributed by atoms with Gasteiger partial charge in [-0.25, -0.2) is 0 Å². The normalized spacial score (nSPS) is 18.9. The fourth-order valence-corrected chi connectivity index (χ4v) is 3.93. The molecule has 6 nitrogen and oxygen atoms in total. The smallest absolute Gasteiger partial charge is 0.0627 e. The molecule has 1 aliphatic heterocycles. The van der Waals surface area contributed by atoms with Crippen LogP contribution in [0.3, 0.4) is 0 Å². The molecule has 132 valence electrons. The molecule has 0 spiro atoms. The Kier molecular flexibility index (Phi) is 6.99. The minimum atomic E-state index is -0.143. The molecule has 0 aliphatic carbocycles. The number of nitrogens with two attached hydrogens (primary N) is 1. The Balaban J connectivity index is 2.40. The number of aliphatic hydroxyl groups excluding tert-OH is 3. The zero-order valence-corrected chi connectivity index (χ0v) is 14.5. The molecule has 0 saturated heterocycles. The van der Waals surface area contributed by atoms with Crippen molar-refractivity contribution in [1.29, 1.82) is 0 Å². The Morgan fingerprint density at radius 3 is 2.50 bits per heavy atom. The number of nitrogens with zero attached hydrogens (tertiary/aromatic N) is 2. The fourth-order valence-electron chi connectivity index (χ4n) is 2.65. The van der Waals surface area contributed by atoms with Crippen LogP contribution in [-0.4, -0.2) is 72.1 Å². The summed E-state index contributed by atoms with van der Waals surface area (Å²) in [6.07, 6.45) is 0. The Morgan fingerprint density at radius 2 is 1.88 bits per heavy atom. The van der Waals surface area contributed by atoms with Gasteiger partial charge in [-0.2, -0.15) is 10.5 Å². The standard InChI is InChI=1S/C17H25N3O3S/c1-24-11-15(17(12-24)19-4-7-21)14-10-13(2-3-16(14)18)20(5-8-22)6-9-23/h2-3,10-11,21-23H,1,4-9,12,18H2. The lowest BCUT2D eigenvalue weighted by Crippen LogP contribution is -2.29. The molecular formula is C17H25N3O3S. The van der Waals surface area contributed by atoms with Crippen molar-refractivity contribution in [1.82, 2.24) is 0 Å². The largest absolute Gasteiger partial charge is 0.398 e. The van der Waals surface area contributed by atoms with Gasteiger partial charge in [0.05, 0.1) is 32.1 Å². The topological polar surface area (TPSA) is 102 Å². The van der Waals surface area contributed by atoms with Crippen LogP contribution in [0.15, 0.2) is 28.6 Å². The maximum Gasteiger partial charge on any atom is 0.0627 e. The predicted octanol–water partition coefficient (Wildman–Crippen LogP) is 0.548. The van der Waals surface area contributed by atoms with Crippen molar-refractivity contribution in [3.05, 3.63) is 29.2 Å². The lowest BCUT2D eigenvalue weighted by Gasteiger charge is -2.24. The van der Waals surface area contributed by atoms with Crippen LogP contribution < -0.4 is 10.6 Å². The van der Waals surface area contributed by atoms with Gasteiger partial charge in [0, 0.05) is 41.4 Å².